The lowest BCUT2D eigenvalue weighted by molar-refractivity contribution is -0.411. The summed E-state index contributed by atoms with van der Waals surface area (Å²) in [5, 5.41) is 12.4. The van der Waals surface area contributed by atoms with Gasteiger partial charge in [-0.1, -0.05) is 29.8 Å². The van der Waals surface area contributed by atoms with Gasteiger partial charge in [-0.3, -0.25) is 10.1 Å². The Balaban J connectivity index is 1.76. The zero-order chi connectivity index (χ0) is 24.2. The van der Waals surface area contributed by atoms with Gasteiger partial charge < -0.3 is 10.1 Å². The molecule has 8 nitrogen and oxygen atoms in total. The minimum atomic E-state index is -4.60. The van der Waals surface area contributed by atoms with Gasteiger partial charge in [0.05, 0.1) is 21.6 Å². The molecule has 0 bridgehead atoms. The maximum atomic E-state index is 12.7. The first-order valence-corrected chi connectivity index (χ1v) is 10.8. The zero-order valence-corrected chi connectivity index (χ0v) is 17.9. The molecule has 1 heterocycles. The van der Waals surface area contributed by atoms with Crippen molar-refractivity contribution < 1.29 is 31.2 Å². The lowest BCUT2D eigenvalue weighted by Crippen LogP contribution is -2.14. The molecule has 0 radical (unpaired) electrons. The monoisotopic (exact) mass is 499 g/mol. The van der Waals surface area contributed by atoms with E-state index in [2.05, 4.69) is 10.3 Å². The smallest absolute Gasteiger partial charge is 0.417 e. The molecular weight excluding hydrogens is 487 g/mol. The molecule has 0 atom stereocenters. The minimum Gasteiger partial charge on any atom is -0.438 e. The summed E-state index contributed by atoms with van der Waals surface area (Å²) >= 11 is 5.80. The third-order valence-electron chi connectivity index (χ3n) is 4.07. The topological polar surface area (TPSA) is 111 Å². The van der Waals surface area contributed by atoms with E-state index in [0.717, 1.165) is 6.20 Å². The summed E-state index contributed by atoms with van der Waals surface area (Å²) in [5.41, 5.74) is -0.755. The Labute approximate surface area is 190 Å². The standard InChI is InChI=1S/C20H13ClF3N3O5S/c21-17-10-13(20(22,23)24)11-26-19(17)32-15-8-6-14(7-9-15)25-12-18(27(28)29)33(30,31)16-4-2-1-3-5-16/h1-12,25H/b18-12+. The first-order valence-electron chi connectivity index (χ1n) is 8.90. The predicted octanol–water partition coefficient (Wildman–Crippen LogP) is 5.51. The van der Waals surface area contributed by atoms with Crippen LogP contribution in [0, 0.1) is 10.1 Å². The summed E-state index contributed by atoms with van der Waals surface area (Å²) in [4.78, 5) is 13.6. The summed E-state index contributed by atoms with van der Waals surface area (Å²) < 4.78 is 68.4. The maximum Gasteiger partial charge on any atom is 0.417 e. The van der Waals surface area contributed by atoms with Crippen molar-refractivity contribution in [1.82, 2.24) is 4.98 Å². The number of rotatable bonds is 7. The van der Waals surface area contributed by atoms with E-state index >= 15 is 0 Å². The van der Waals surface area contributed by atoms with Crippen LogP contribution >= 0.6 is 11.6 Å². The Hall–Kier alpha value is -3.64. The number of alkyl halides is 3. The van der Waals surface area contributed by atoms with Gasteiger partial charge >= 0.3 is 11.2 Å². The summed E-state index contributed by atoms with van der Waals surface area (Å²) in [5.74, 6) is -0.0973. The van der Waals surface area contributed by atoms with Crippen LogP contribution in [-0.2, 0) is 16.0 Å². The fourth-order valence-electron chi connectivity index (χ4n) is 2.48. The lowest BCUT2D eigenvalue weighted by Gasteiger charge is -2.10. The molecular formula is C20H13ClF3N3O5S. The SMILES string of the molecule is O=[N+]([O-])/C(=C\Nc1ccc(Oc2ncc(C(F)(F)F)cc2Cl)cc1)S(=O)(=O)c1ccccc1. The number of hydrogen-bond donors (Lipinski definition) is 1. The molecule has 13 heteroatoms. The third kappa shape index (κ3) is 5.79. The number of nitrogens with one attached hydrogen (secondary N) is 1. The van der Waals surface area contributed by atoms with Crippen molar-refractivity contribution in [2.24, 2.45) is 0 Å². The first-order chi connectivity index (χ1) is 15.5. The molecule has 33 heavy (non-hydrogen) atoms. The van der Waals surface area contributed by atoms with Crippen LogP contribution in [0.3, 0.4) is 0 Å². The van der Waals surface area contributed by atoms with Gasteiger partial charge in [0, 0.05) is 11.9 Å². The summed E-state index contributed by atoms with van der Waals surface area (Å²) in [7, 11) is -4.37. The van der Waals surface area contributed by atoms with Crippen molar-refractivity contribution in [3.63, 3.8) is 0 Å². The van der Waals surface area contributed by atoms with Gasteiger partial charge in [0.15, 0.2) is 0 Å². The second kappa shape index (κ2) is 9.46. The Kier molecular flexibility index (Phi) is 6.89. The molecule has 0 amide bonds. The molecule has 0 fully saturated rings. The normalized spacial score (nSPS) is 12.3. The van der Waals surface area contributed by atoms with Crippen LogP contribution in [0.15, 0.2) is 83.0 Å². The number of nitrogens with zero attached hydrogens (tertiary/aromatic N) is 2. The van der Waals surface area contributed by atoms with Crippen molar-refractivity contribution in [3.8, 4) is 11.6 Å². The van der Waals surface area contributed by atoms with E-state index in [-0.39, 0.29) is 27.2 Å². The summed E-state index contributed by atoms with van der Waals surface area (Å²) in [6.07, 6.45) is -3.28. The number of nitro groups is 1. The van der Waals surface area contributed by atoms with Gasteiger partial charge in [0.1, 0.15) is 10.8 Å². The van der Waals surface area contributed by atoms with Crippen LogP contribution in [0.5, 0.6) is 11.6 Å². The van der Waals surface area contributed by atoms with Crippen LogP contribution in [0.4, 0.5) is 18.9 Å². The van der Waals surface area contributed by atoms with Crippen molar-refractivity contribution in [3.05, 3.63) is 98.8 Å². The van der Waals surface area contributed by atoms with E-state index < -0.39 is 31.5 Å². The molecule has 0 saturated heterocycles. The summed E-state index contributed by atoms with van der Waals surface area (Å²) in [6, 6.07) is 13.2. The van der Waals surface area contributed by atoms with Crippen LogP contribution in [0.1, 0.15) is 5.56 Å². The fraction of sp³-hybridized carbons (Fsp3) is 0.0500. The Morgan fingerprint density at radius 2 is 1.76 bits per heavy atom. The van der Waals surface area contributed by atoms with Crippen molar-refractivity contribution in [2.45, 2.75) is 11.1 Å². The van der Waals surface area contributed by atoms with E-state index in [0.29, 0.717) is 12.3 Å². The molecule has 3 aromatic rings. The van der Waals surface area contributed by atoms with Crippen molar-refractivity contribution >= 4 is 27.1 Å². The molecule has 0 unspecified atom stereocenters. The lowest BCUT2D eigenvalue weighted by atomic mass is 10.3. The number of aromatic nitrogens is 1. The van der Waals surface area contributed by atoms with Crippen LogP contribution < -0.4 is 10.1 Å². The van der Waals surface area contributed by atoms with Gasteiger partial charge in [0.25, 0.3) is 9.84 Å². The average Bonchev–Trinajstić information content (AvgIpc) is 2.76. The van der Waals surface area contributed by atoms with E-state index in [1.54, 1.807) is 6.07 Å². The third-order valence-corrected chi connectivity index (χ3v) is 6.06. The fourth-order valence-corrected chi connectivity index (χ4v) is 3.85. The van der Waals surface area contributed by atoms with Gasteiger partial charge in [-0.25, -0.2) is 13.4 Å². The van der Waals surface area contributed by atoms with Gasteiger partial charge in [-0.2, -0.15) is 13.2 Å². The highest BCUT2D eigenvalue weighted by atomic mass is 35.5. The van der Waals surface area contributed by atoms with E-state index in [1.807, 2.05) is 0 Å². The molecule has 0 aliphatic carbocycles. The first kappa shape index (κ1) is 24.0. The van der Waals surface area contributed by atoms with Crippen LogP contribution in [0.2, 0.25) is 5.02 Å². The second-order valence-corrected chi connectivity index (χ2v) is 8.64. The molecule has 3 rings (SSSR count). The molecule has 2 aromatic carbocycles. The molecule has 1 aromatic heterocycles. The highest BCUT2D eigenvalue weighted by Crippen LogP contribution is 2.34. The van der Waals surface area contributed by atoms with Gasteiger partial charge in [-0.05, 0) is 42.5 Å². The number of hydrogen-bond acceptors (Lipinski definition) is 7. The number of halogens is 4. The molecule has 1 N–H and O–H groups in total. The number of ether oxygens (including phenoxy) is 1. The molecule has 0 aliphatic rings. The van der Waals surface area contributed by atoms with E-state index in [4.69, 9.17) is 16.3 Å². The van der Waals surface area contributed by atoms with E-state index in [9.17, 15) is 31.7 Å². The largest absolute Gasteiger partial charge is 0.438 e. The predicted molar refractivity (Wildman–Crippen MR) is 113 cm³/mol. The van der Waals surface area contributed by atoms with Gasteiger partial charge in [-0.15, -0.1) is 0 Å². The Bertz CT molecular complexity index is 1300. The van der Waals surface area contributed by atoms with Crippen molar-refractivity contribution in [2.75, 3.05) is 5.32 Å². The van der Waals surface area contributed by atoms with Gasteiger partial charge in [0.2, 0.25) is 5.88 Å². The maximum absolute atomic E-state index is 12.7. The molecule has 172 valence electrons. The number of sulfone groups is 1. The summed E-state index contributed by atoms with van der Waals surface area (Å²) in [6.45, 7) is 0. The molecule has 0 saturated carbocycles. The van der Waals surface area contributed by atoms with Crippen LogP contribution in [0.25, 0.3) is 0 Å². The highest BCUT2D eigenvalue weighted by molar-refractivity contribution is 7.95. The highest BCUT2D eigenvalue weighted by Gasteiger charge is 2.32. The van der Waals surface area contributed by atoms with E-state index in [1.165, 1.54) is 48.5 Å². The quantitative estimate of drug-likeness (QED) is 0.337. The van der Waals surface area contributed by atoms with Crippen LogP contribution in [-0.4, -0.2) is 18.3 Å². The van der Waals surface area contributed by atoms with Crippen molar-refractivity contribution in [1.29, 1.82) is 0 Å². The molecule has 0 spiro atoms. The molecule has 0 aliphatic heterocycles. The minimum absolute atomic E-state index is 0.157. The zero-order valence-electron chi connectivity index (χ0n) is 16.3. The average molecular weight is 500 g/mol. The Morgan fingerprint density at radius 3 is 2.30 bits per heavy atom. The number of anilines is 1. The Morgan fingerprint density at radius 1 is 1.12 bits per heavy atom. The second-order valence-electron chi connectivity index (χ2n) is 6.34. The number of pyridine rings is 1. The number of benzene rings is 2.